The first-order valence-electron chi connectivity index (χ1n) is 6.03. The molecular formula is C12H17FN2O3S. The van der Waals surface area contributed by atoms with Gasteiger partial charge in [-0.25, -0.2) is 17.5 Å². The third kappa shape index (κ3) is 3.73. The van der Waals surface area contributed by atoms with Crippen LogP contribution in [0, 0.1) is 5.82 Å². The average Bonchev–Trinajstić information content (AvgIpc) is 2.37. The van der Waals surface area contributed by atoms with Crippen LogP contribution in [-0.2, 0) is 14.8 Å². The summed E-state index contributed by atoms with van der Waals surface area (Å²) in [7, 11) is -1.89. The molecular weight excluding hydrogens is 271 g/mol. The van der Waals surface area contributed by atoms with Gasteiger partial charge in [0.05, 0.1) is 12.7 Å². The van der Waals surface area contributed by atoms with Gasteiger partial charge in [-0.3, -0.25) is 0 Å². The molecule has 0 radical (unpaired) electrons. The minimum Gasteiger partial charge on any atom is -0.374 e. The fourth-order valence-electron chi connectivity index (χ4n) is 1.93. The van der Waals surface area contributed by atoms with Crippen molar-refractivity contribution in [1.82, 2.24) is 9.62 Å². The van der Waals surface area contributed by atoms with E-state index in [4.69, 9.17) is 4.74 Å². The highest BCUT2D eigenvalue weighted by atomic mass is 32.2. The number of halogens is 1. The van der Waals surface area contributed by atoms with E-state index in [2.05, 4.69) is 9.62 Å². The Bertz CT molecular complexity index is 536. The standard InChI is InChI=1S/C12H17FN2O3S/c1-15-6-7-18-10(9-15)8-14-19(16,17)12-5-3-2-4-11(12)13/h2-5,10,14H,6-9H2,1H3. The van der Waals surface area contributed by atoms with Crippen molar-refractivity contribution in [3.05, 3.63) is 30.1 Å². The van der Waals surface area contributed by atoms with E-state index in [0.717, 1.165) is 12.6 Å². The van der Waals surface area contributed by atoms with E-state index in [9.17, 15) is 12.8 Å². The van der Waals surface area contributed by atoms with Crippen LogP contribution in [0.4, 0.5) is 4.39 Å². The van der Waals surface area contributed by atoms with Crippen LogP contribution in [0.5, 0.6) is 0 Å². The van der Waals surface area contributed by atoms with Crippen LogP contribution in [0.25, 0.3) is 0 Å². The van der Waals surface area contributed by atoms with Gasteiger partial charge in [-0.05, 0) is 19.2 Å². The number of sulfonamides is 1. The third-order valence-corrected chi connectivity index (χ3v) is 4.43. The van der Waals surface area contributed by atoms with Gasteiger partial charge in [-0.2, -0.15) is 0 Å². The Labute approximate surface area is 112 Å². The number of likely N-dealkylation sites (N-methyl/N-ethyl adjacent to an activating group) is 1. The maximum Gasteiger partial charge on any atom is 0.243 e. The summed E-state index contributed by atoms with van der Waals surface area (Å²) in [6.07, 6.45) is -0.208. The second kappa shape index (κ2) is 5.96. The molecule has 0 spiro atoms. The summed E-state index contributed by atoms with van der Waals surface area (Å²) in [6, 6.07) is 5.31. The van der Waals surface area contributed by atoms with Gasteiger partial charge in [-0.1, -0.05) is 12.1 Å². The maximum atomic E-state index is 13.5. The molecule has 0 saturated carbocycles. The second-order valence-electron chi connectivity index (χ2n) is 4.54. The number of ether oxygens (including phenoxy) is 1. The zero-order valence-corrected chi connectivity index (χ0v) is 11.5. The molecule has 1 N–H and O–H groups in total. The van der Waals surface area contributed by atoms with Crippen molar-refractivity contribution in [1.29, 1.82) is 0 Å². The van der Waals surface area contributed by atoms with Crippen LogP contribution in [0.2, 0.25) is 0 Å². The van der Waals surface area contributed by atoms with Crippen molar-refractivity contribution in [3.63, 3.8) is 0 Å². The van der Waals surface area contributed by atoms with Gasteiger partial charge in [0.2, 0.25) is 10.0 Å². The van der Waals surface area contributed by atoms with Crippen LogP contribution >= 0.6 is 0 Å². The monoisotopic (exact) mass is 288 g/mol. The summed E-state index contributed by atoms with van der Waals surface area (Å²) in [6.45, 7) is 2.19. The fraction of sp³-hybridized carbons (Fsp3) is 0.500. The van der Waals surface area contributed by atoms with E-state index in [1.807, 2.05) is 7.05 Å². The molecule has 2 rings (SSSR count). The van der Waals surface area contributed by atoms with Crippen molar-refractivity contribution in [2.45, 2.75) is 11.0 Å². The molecule has 0 bridgehead atoms. The molecule has 0 aromatic heterocycles. The fourth-order valence-corrected chi connectivity index (χ4v) is 3.08. The van der Waals surface area contributed by atoms with E-state index in [-0.39, 0.29) is 17.5 Å². The summed E-state index contributed by atoms with van der Waals surface area (Å²) in [5.41, 5.74) is 0. The zero-order chi connectivity index (χ0) is 13.9. The summed E-state index contributed by atoms with van der Waals surface area (Å²) in [4.78, 5) is 1.73. The molecule has 1 saturated heterocycles. The molecule has 106 valence electrons. The molecule has 7 heteroatoms. The molecule has 1 aliphatic rings. The number of hydrogen-bond acceptors (Lipinski definition) is 4. The predicted octanol–water partition coefficient (Wildman–Crippen LogP) is 0.435. The molecule has 0 aliphatic carbocycles. The van der Waals surface area contributed by atoms with Crippen LogP contribution in [0.3, 0.4) is 0 Å². The lowest BCUT2D eigenvalue weighted by molar-refractivity contribution is -0.0156. The Balaban J connectivity index is 2.00. The first kappa shape index (κ1) is 14.4. The lowest BCUT2D eigenvalue weighted by Gasteiger charge is -2.30. The molecule has 1 unspecified atom stereocenters. The molecule has 1 aromatic carbocycles. The third-order valence-electron chi connectivity index (χ3n) is 2.97. The zero-order valence-electron chi connectivity index (χ0n) is 10.7. The van der Waals surface area contributed by atoms with E-state index in [0.29, 0.717) is 13.2 Å². The second-order valence-corrected chi connectivity index (χ2v) is 6.27. The van der Waals surface area contributed by atoms with Gasteiger partial charge >= 0.3 is 0 Å². The minimum absolute atomic E-state index is 0.140. The number of morpholine rings is 1. The molecule has 1 aromatic rings. The van der Waals surface area contributed by atoms with Crippen molar-refractivity contribution in [2.75, 3.05) is 33.3 Å². The molecule has 5 nitrogen and oxygen atoms in total. The van der Waals surface area contributed by atoms with E-state index in [1.165, 1.54) is 18.2 Å². The quantitative estimate of drug-likeness (QED) is 0.873. The Morgan fingerprint density at radius 1 is 1.47 bits per heavy atom. The largest absolute Gasteiger partial charge is 0.374 e. The van der Waals surface area contributed by atoms with E-state index in [1.54, 1.807) is 0 Å². The minimum atomic E-state index is -3.83. The first-order valence-corrected chi connectivity index (χ1v) is 7.52. The number of nitrogens with one attached hydrogen (secondary N) is 1. The Kier molecular flexibility index (Phi) is 4.51. The van der Waals surface area contributed by atoms with Crippen LogP contribution in [-0.4, -0.2) is 52.7 Å². The van der Waals surface area contributed by atoms with Crippen molar-refractivity contribution in [2.24, 2.45) is 0 Å². The van der Waals surface area contributed by atoms with Crippen LogP contribution < -0.4 is 4.72 Å². The topological polar surface area (TPSA) is 58.6 Å². The number of hydrogen-bond donors (Lipinski definition) is 1. The summed E-state index contributed by atoms with van der Waals surface area (Å²) < 4.78 is 45.2. The van der Waals surface area contributed by atoms with Gasteiger partial charge in [0.1, 0.15) is 10.7 Å². The highest BCUT2D eigenvalue weighted by Crippen LogP contribution is 2.13. The van der Waals surface area contributed by atoms with Gasteiger partial charge in [-0.15, -0.1) is 0 Å². The summed E-state index contributed by atoms with van der Waals surface area (Å²) in [5.74, 6) is -0.753. The Morgan fingerprint density at radius 3 is 2.89 bits per heavy atom. The molecule has 1 fully saturated rings. The lowest BCUT2D eigenvalue weighted by Crippen LogP contribution is -2.45. The highest BCUT2D eigenvalue weighted by molar-refractivity contribution is 7.89. The van der Waals surface area contributed by atoms with Crippen molar-refractivity contribution >= 4 is 10.0 Å². The van der Waals surface area contributed by atoms with Gasteiger partial charge in [0.25, 0.3) is 0 Å². The van der Waals surface area contributed by atoms with Gasteiger partial charge in [0, 0.05) is 19.6 Å². The normalized spacial score (nSPS) is 21.5. The Hall–Kier alpha value is -1.02. The summed E-state index contributed by atoms with van der Waals surface area (Å²) in [5, 5.41) is 0. The Morgan fingerprint density at radius 2 is 2.21 bits per heavy atom. The van der Waals surface area contributed by atoms with Crippen molar-refractivity contribution < 1.29 is 17.5 Å². The van der Waals surface area contributed by atoms with Crippen LogP contribution in [0.15, 0.2) is 29.2 Å². The maximum absolute atomic E-state index is 13.5. The smallest absolute Gasteiger partial charge is 0.243 e. The first-order chi connectivity index (χ1) is 8.99. The predicted molar refractivity (Wildman–Crippen MR) is 68.8 cm³/mol. The molecule has 1 aliphatic heterocycles. The van der Waals surface area contributed by atoms with E-state index < -0.39 is 15.8 Å². The highest BCUT2D eigenvalue weighted by Gasteiger charge is 2.22. The lowest BCUT2D eigenvalue weighted by atomic mass is 10.3. The SMILES string of the molecule is CN1CCOC(CNS(=O)(=O)c2ccccc2F)C1. The molecule has 19 heavy (non-hydrogen) atoms. The van der Waals surface area contributed by atoms with Crippen LogP contribution in [0.1, 0.15) is 0 Å². The number of nitrogens with zero attached hydrogens (tertiary/aromatic N) is 1. The molecule has 0 amide bonds. The average molecular weight is 288 g/mol. The van der Waals surface area contributed by atoms with Gasteiger partial charge in [0.15, 0.2) is 0 Å². The summed E-state index contributed by atoms with van der Waals surface area (Å²) >= 11 is 0. The number of rotatable bonds is 4. The molecule has 1 heterocycles. The molecule has 1 atom stereocenters. The van der Waals surface area contributed by atoms with E-state index >= 15 is 0 Å². The van der Waals surface area contributed by atoms with Crippen molar-refractivity contribution in [3.8, 4) is 0 Å². The van der Waals surface area contributed by atoms with Gasteiger partial charge < -0.3 is 9.64 Å². The number of benzene rings is 1.